The molecule has 0 atom stereocenters. The largest absolute Gasteiger partial charge is 0.396 e. The van der Waals surface area contributed by atoms with Crippen molar-refractivity contribution in [1.82, 2.24) is 0 Å². The molecule has 0 N–H and O–H groups in total. The van der Waals surface area contributed by atoms with Gasteiger partial charge in [0.25, 0.3) is 12.3 Å². The first-order valence-electron chi connectivity index (χ1n) is 4.03. The fourth-order valence-electron chi connectivity index (χ4n) is 0.989. The van der Waals surface area contributed by atoms with E-state index in [1.807, 2.05) is 24.8 Å². The van der Waals surface area contributed by atoms with Crippen LogP contribution in [0.2, 0.25) is 0 Å². The van der Waals surface area contributed by atoms with Gasteiger partial charge >= 0.3 is 0 Å². The van der Waals surface area contributed by atoms with Gasteiger partial charge in [0.15, 0.2) is 0 Å². The zero-order chi connectivity index (χ0) is 9.26. The van der Waals surface area contributed by atoms with Gasteiger partial charge < -0.3 is 8.37 Å². The van der Waals surface area contributed by atoms with E-state index >= 15 is 0 Å². The van der Waals surface area contributed by atoms with Gasteiger partial charge in [-0.25, -0.2) is 0 Å². The molecule has 0 aromatic carbocycles. The number of hydrogen-bond donors (Lipinski definition) is 0. The number of allylic oxidation sites excluding steroid dienone is 5. The SMILES string of the molecule is CC1=C/C(=C/CC2=C(C)S2)OSO1. The smallest absolute Gasteiger partial charge is 0.293 e. The van der Waals surface area contributed by atoms with Crippen LogP contribution in [0.15, 0.2) is 33.5 Å². The minimum atomic E-state index is 0.886. The Balaban J connectivity index is 1.95. The molecule has 2 aliphatic rings. The summed E-state index contributed by atoms with van der Waals surface area (Å²) in [6.07, 6.45) is 4.97. The molecule has 2 heterocycles. The highest BCUT2D eigenvalue weighted by Crippen LogP contribution is 2.47. The first-order chi connectivity index (χ1) is 6.25. The molecule has 4 heteroatoms. The predicted molar refractivity (Wildman–Crippen MR) is 56.5 cm³/mol. The van der Waals surface area contributed by atoms with Gasteiger partial charge in [0.05, 0.1) is 0 Å². The molecule has 70 valence electrons. The summed E-state index contributed by atoms with van der Waals surface area (Å²) in [6, 6.07) is 0. The summed E-state index contributed by atoms with van der Waals surface area (Å²) in [5.41, 5.74) is 0. The summed E-state index contributed by atoms with van der Waals surface area (Å²) < 4.78 is 10.3. The molecule has 0 saturated carbocycles. The maximum absolute atomic E-state index is 5.21. The fourth-order valence-corrected chi connectivity index (χ4v) is 1.94. The molecule has 0 aromatic rings. The topological polar surface area (TPSA) is 18.5 Å². The van der Waals surface area contributed by atoms with E-state index < -0.39 is 0 Å². The zero-order valence-electron chi connectivity index (χ0n) is 7.49. The van der Waals surface area contributed by atoms with Crippen molar-refractivity contribution in [3.63, 3.8) is 0 Å². The number of thioether (sulfide) groups is 1. The molecule has 13 heavy (non-hydrogen) atoms. The maximum Gasteiger partial charge on any atom is 0.293 e. The standard InChI is InChI=1S/C9H10O2S2/c1-6-5-8(11-13-10-6)3-4-9-7(2)12-9/h3,5H,4H2,1-2H3/b8-3-. The first kappa shape index (κ1) is 9.09. The molecule has 2 rings (SSSR count). The predicted octanol–water partition coefficient (Wildman–Crippen LogP) is 3.75. The van der Waals surface area contributed by atoms with Gasteiger partial charge in [-0.05, 0) is 24.8 Å². The third kappa shape index (κ3) is 2.48. The van der Waals surface area contributed by atoms with Crippen molar-refractivity contribution in [3.8, 4) is 0 Å². The van der Waals surface area contributed by atoms with Crippen molar-refractivity contribution in [2.45, 2.75) is 20.3 Å². The summed E-state index contributed by atoms with van der Waals surface area (Å²) in [5, 5.41) is 0. The molecular weight excluding hydrogens is 204 g/mol. The van der Waals surface area contributed by atoms with Crippen molar-refractivity contribution in [1.29, 1.82) is 0 Å². The Morgan fingerprint density at radius 3 is 2.77 bits per heavy atom. The van der Waals surface area contributed by atoms with Crippen LogP contribution in [0.3, 0.4) is 0 Å². The minimum Gasteiger partial charge on any atom is -0.396 e. The highest BCUT2D eigenvalue weighted by atomic mass is 32.2. The Morgan fingerprint density at radius 1 is 1.38 bits per heavy atom. The van der Waals surface area contributed by atoms with Crippen LogP contribution in [0.1, 0.15) is 20.3 Å². The van der Waals surface area contributed by atoms with Gasteiger partial charge in [0, 0.05) is 17.4 Å². The van der Waals surface area contributed by atoms with Crippen LogP contribution in [0.25, 0.3) is 0 Å². The van der Waals surface area contributed by atoms with Gasteiger partial charge in [0.2, 0.25) is 0 Å². The lowest BCUT2D eigenvalue weighted by molar-refractivity contribution is 0.380. The second-order valence-electron chi connectivity index (χ2n) is 2.88. The Hall–Kier alpha value is -0.480. The zero-order valence-corrected chi connectivity index (χ0v) is 9.13. The Kier molecular flexibility index (Phi) is 2.60. The number of rotatable bonds is 2. The summed E-state index contributed by atoms with van der Waals surface area (Å²) >= 11 is 2.88. The monoisotopic (exact) mass is 214 g/mol. The molecule has 0 spiro atoms. The van der Waals surface area contributed by atoms with Crippen molar-refractivity contribution >= 4 is 24.1 Å². The molecule has 0 aliphatic carbocycles. The van der Waals surface area contributed by atoms with Crippen LogP contribution in [0.4, 0.5) is 0 Å². The van der Waals surface area contributed by atoms with Crippen molar-refractivity contribution in [2.75, 3.05) is 0 Å². The highest BCUT2D eigenvalue weighted by Gasteiger charge is 2.17. The van der Waals surface area contributed by atoms with Gasteiger partial charge in [-0.1, -0.05) is 11.8 Å². The second kappa shape index (κ2) is 3.72. The van der Waals surface area contributed by atoms with Crippen molar-refractivity contribution in [3.05, 3.63) is 33.5 Å². The van der Waals surface area contributed by atoms with E-state index in [4.69, 9.17) is 8.37 Å². The molecular formula is C9H10O2S2. The average molecular weight is 214 g/mol. The average Bonchev–Trinajstić information content (AvgIpc) is 2.79. The van der Waals surface area contributed by atoms with Crippen LogP contribution in [0, 0.1) is 0 Å². The molecule has 0 fully saturated rings. The molecule has 0 bridgehead atoms. The molecule has 2 nitrogen and oxygen atoms in total. The fraction of sp³-hybridized carbons (Fsp3) is 0.333. The lowest BCUT2D eigenvalue weighted by atomic mass is 10.3. The van der Waals surface area contributed by atoms with Crippen molar-refractivity contribution < 1.29 is 8.37 Å². The second-order valence-corrected chi connectivity index (χ2v) is 4.66. The first-order valence-corrected chi connectivity index (χ1v) is 5.51. The quantitative estimate of drug-likeness (QED) is 0.651. The summed E-state index contributed by atoms with van der Waals surface area (Å²) in [6.45, 7) is 4.05. The molecule has 2 aliphatic heterocycles. The van der Waals surface area contributed by atoms with E-state index in [1.165, 1.54) is 9.81 Å². The summed E-state index contributed by atoms with van der Waals surface area (Å²) in [4.78, 5) is 2.90. The van der Waals surface area contributed by atoms with Gasteiger partial charge in [-0.2, -0.15) is 0 Å². The van der Waals surface area contributed by atoms with Crippen molar-refractivity contribution in [2.24, 2.45) is 0 Å². The molecule has 0 saturated heterocycles. The van der Waals surface area contributed by atoms with E-state index in [0.29, 0.717) is 0 Å². The number of hydrogen-bond acceptors (Lipinski definition) is 4. The summed E-state index contributed by atoms with van der Waals surface area (Å²) in [7, 11) is 0. The highest BCUT2D eigenvalue weighted by molar-refractivity contribution is 8.13. The van der Waals surface area contributed by atoms with E-state index in [1.54, 1.807) is 0 Å². The Morgan fingerprint density at radius 2 is 2.15 bits per heavy atom. The normalized spacial score (nSPS) is 23.8. The van der Waals surface area contributed by atoms with Crippen LogP contribution in [-0.4, -0.2) is 0 Å². The molecule has 0 radical (unpaired) electrons. The third-order valence-corrected chi connectivity index (χ3v) is 3.42. The lowest BCUT2D eigenvalue weighted by Crippen LogP contribution is -1.91. The van der Waals surface area contributed by atoms with Gasteiger partial charge in [-0.3, -0.25) is 0 Å². The van der Waals surface area contributed by atoms with E-state index in [9.17, 15) is 0 Å². The van der Waals surface area contributed by atoms with Crippen LogP contribution in [-0.2, 0) is 8.37 Å². The Bertz CT molecular complexity index is 316. The lowest BCUT2D eigenvalue weighted by Gasteiger charge is -2.11. The van der Waals surface area contributed by atoms with Crippen LogP contribution >= 0.6 is 24.1 Å². The van der Waals surface area contributed by atoms with Gasteiger partial charge in [-0.15, -0.1) is 0 Å². The molecule has 0 unspecified atom stereocenters. The van der Waals surface area contributed by atoms with Crippen LogP contribution < -0.4 is 0 Å². The summed E-state index contributed by atoms with van der Waals surface area (Å²) in [5.74, 6) is 1.78. The minimum absolute atomic E-state index is 0.886. The molecule has 0 aromatic heterocycles. The Labute approximate surface area is 86.5 Å². The van der Waals surface area contributed by atoms with E-state index in [-0.39, 0.29) is 0 Å². The van der Waals surface area contributed by atoms with Crippen LogP contribution in [0.5, 0.6) is 0 Å². The third-order valence-electron chi connectivity index (χ3n) is 1.76. The van der Waals surface area contributed by atoms with E-state index in [2.05, 4.69) is 13.0 Å². The molecule has 0 amide bonds. The maximum atomic E-state index is 5.21. The van der Waals surface area contributed by atoms with E-state index in [0.717, 1.165) is 30.3 Å². The van der Waals surface area contributed by atoms with Gasteiger partial charge in [0.1, 0.15) is 11.5 Å².